The third-order valence-electron chi connectivity index (χ3n) is 5.14. The Morgan fingerprint density at radius 3 is 2.41 bits per heavy atom. The normalized spacial score (nSPS) is 17.6. The summed E-state index contributed by atoms with van der Waals surface area (Å²) in [5.41, 5.74) is 2.07. The monoisotopic (exact) mass is 390 g/mol. The molecule has 1 saturated heterocycles. The topological polar surface area (TPSA) is 95.2 Å². The molecule has 1 aliphatic heterocycles. The fourth-order valence-electron chi connectivity index (χ4n) is 3.56. The van der Waals surface area contributed by atoms with Crippen LogP contribution in [0.1, 0.15) is 42.8 Å². The van der Waals surface area contributed by atoms with Crippen LogP contribution in [0.2, 0.25) is 0 Å². The number of nitrogens with one attached hydrogen (secondary N) is 2. The van der Waals surface area contributed by atoms with Crippen LogP contribution < -0.4 is 5.32 Å². The molecule has 0 bridgehead atoms. The number of piperidine rings is 1. The molecule has 27 heavy (non-hydrogen) atoms. The summed E-state index contributed by atoms with van der Waals surface area (Å²) in [5.74, 6) is -0.187. The standard InChI is InChI=1S/C19H26N4O3S/c1-13(16-7-5-4-6-8-16)20-19(24)17-9-11-23(12-10-17)27(25,26)18-14(2)21-22-15(18)3/h4-8,13,17H,9-12H2,1-3H3,(H,20,24)(H,21,22). The second kappa shape index (κ2) is 7.82. The summed E-state index contributed by atoms with van der Waals surface area (Å²) in [4.78, 5) is 12.8. The number of carbonyl (C=O) groups is 1. The lowest BCUT2D eigenvalue weighted by molar-refractivity contribution is -0.126. The molecule has 1 aliphatic rings. The molecule has 0 radical (unpaired) electrons. The van der Waals surface area contributed by atoms with Crippen LogP contribution in [0.15, 0.2) is 35.2 Å². The Morgan fingerprint density at radius 2 is 1.85 bits per heavy atom. The summed E-state index contributed by atoms with van der Waals surface area (Å²) in [7, 11) is -3.59. The number of H-pyrrole nitrogens is 1. The van der Waals surface area contributed by atoms with E-state index in [4.69, 9.17) is 0 Å². The van der Waals surface area contributed by atoms with Crippen molar-refractivity contribution in [2.45, 2.75) is 44.6 Å². The van der Waals surface area contributed by atoms with Crippen molar-refractivity contribution in [3.8, 4) is 0 Å². The van der Waals surface area contributed by atoms with Gasteiger partial charge in [-0.15, -0.1) is 0 Å². The number of rotatable bonds is 5. The van der Waals surface area contributed by atoms with E-state index in [1.165, 1.54) is 4.31 Å². The summed E-state index contributed by atoms with van der Waals surface area (Å²) < 4.78 is 27.2. The van der Waals surface area contributed by atoms with Gasteiger partial charge in [-0.05, 0) is 39.2 Å². The molecule has 7 nitrogen and oxygen atoms in total. The van der Waals surface area contributed by atoms with Crippen molar-refractivity contribution in [3.63, 3.8) is 0 Å². The first-order valence-corrected chi connectivity index (χ1v) is 10.6. The molecule has 2 heterocycles. The van der Waals surface area contributed by atoms with E-state index in [0.717, 1.165) is 5.56 Å². The SMILES string of the molecule is Cc1n[nH]c(C)c1S(=O)(=O)N1CCC(C(=O)NC(C)c2ccccc2)CC1. The highest BCUT2D eigenvalue weighted by Gasteiger charge is 2.34. The van der Waals surface area contributed by atoms with E-state index in [-0.39, 0.29) is 22.8 Å². The van der Waals surface area contributed by atoms with Crippen LogP contribution in [0.25, 0.3) is 0 Å². The lowest BCUT2D eigenvalue weighted by atomic mass is 9.96. The molecule has 2 aromatic rings. The van der Waals surface area contributed by atoms with E-state index in [2.05, 4.69) is 15.5 Å². The number of amides is 1. The molecule has 3 rings (SSSR count). The van der Waals surface area contributed by atoms with Crippen LogP contribution in [0.5, 0.6) is 0 Å². The van der Waals surface area contributed by atoms with Crippen molar-refractivity contribution in [1.29, 1.82) is 0 Å². The molecule has 2 N–H and O–H groups in total. The Balaban J connectivity index is 1.61. The van der Waals surface area contributed by atoms with Crippen molar-refractivity contribution in [3.05, 3.63) is 47.3 Å². The highest BCUT2D eigenvalue weighted by atomic mass is 32.2. The van der Waals surface area contributed by atoms with Crippen LogP contribution >= 0.6 is 0 Å². The molecule has 0 spiro atoms. The Kier molecular flexibility index (Phi) is 5.67. The summed E-state index contributed by atoms with van der Waals surface area (Å²) in [6, 6.07) is 9.72. The van der Waals surface area contributed by atoms with E-state index >= 15 is 0 Å². The Labute approximate surface area is 160 Å². The van der Waals surface area contributed by atoms with Gasteiger partial charge in [0, 0.05) is 19.0 Å². The van der Waals surface area contributed by atoms with Gasteiger partial charge in [0.2, 0.25) is 15.9 Å². The second-order valence-corrected chi connectivity index (χ2v) is 8.96. The lowest BCUT2D eigenvalue weighted by Crippen LogP contribution is -2.43. The third-order valence-corrected chi connectivity index (χ3v) is 7.30. The fraction of sp³-hybridized carbons (Fsp3) is 0.474. The van der Waals surface area contributed by atoms with E-state index < -0.39 is 10.0 Å². The zero-order chi connectivity index (χ0) is 19.6. The largest absolute Gasteiger partial charge is 0.349 e. The maximum Gasteiger partial charge on any atom is 0.246 e. The number of hydrogen-bond acceptors (Lipinski definition) is 4. The fourth-order valence-corrected chi connectivity index (χ4v) is 5.37. The van der Waals surface area contributed by atoms with Crippen molar-refractivity contribution < 1.29 is 13.2 Å². The van der Waals surface area contributed by atoms with Crippen LogP contribution in [0.3, 0.4) is 0 Å². The summed E-state index contributed by atoms with van der Waals surface area (Å²) in [5, 5.41) is 9.76. The zero-order valence-corrected chi connectivity index (χ0v) is 16.7. The number of aromatic amines is 1. The highest BCUT2D eigenvalue weighted by molar-refractivity contribution is 7.89. The molecule has 1 unspecified atom stereocenters. The van der Waals surface area contributed by atoms with Gasteiger partial charge in [0.25, 0.3) is 0 Å². The van der Waals surface area contributed by atoms with E-state index in [1.807, 2.05) is 37.3 Å². The summed E-state index contributed by atoms with van der Waals surface area (Å²) >= 11 is 0. The van der Waals surface area contributed by atoms with E-state index in [9.17, 15) is 13.2 Å². The first-order valence-electron chi connectivity index (χ1n) is 9.17. The van der Waals surface area contributed by atoms with Gasteiger partial charge in [-0.25, -0.2) is 8.42 Å². The van der Waals surface area contributed by atoms with Gasteiger partial charge in [-0.2, -0.15) is 9.40 Å². The number of benzene rings is 1. The molecule has 1 aromatic carbocycles. The van der Waals surface area contributed by atoms with E-state index in [1.54, 1.807) is 13.8 Å². The molecule has 0 aliphatic carbocycles. The smallest absolute Gasteiger partial charge is 0.246 e. The number of carbonyl (C=O) groups excluding carboxylic acids is 1. The number of aryl methyl sites for hydroxylation is 2. The quantitative estimate of drug-likeness (QED) is 0.819. The van der Waals surface area contributed by atoms with Crippen LogP contribution in [-0.2, 0) is 14.8 Å². The predicted molar refractivity (Wildman–Crippen MR) is 103 cm³/mol. The molecular formula is C19H26N4O3S. The number of sulfonamides is 1. The van der Waals surface area contributed by atoms with Crippen molar-refractivity contribution >= 4 is 15.9 Å². The molecule has 1 atom stereocenters. The minimum absolute atomic E-state index is 0.0147. The third kappa shape index (κ3) is 4.06. The van der Waals surface area contributed by atoms with Crippen molar-refractivity contribution in [2.75, 3.05) is 13.1 Å². The maximum atomic E-state index is 12.9. The predicted octanol–water partition coefficient (Wildman–Crippen LogP) is 2.30. The average molecular weight is 391 g/mol. The minimum atomic E-state index is -3.59. The first-order chi connectivity index (χ1) is 12.8. The van der Waals surface area contributed by atoms with Crippen molar-refractivity contribution in [2.24, 2.45) is 5.92 Å². The Hall–Kier alpha value is -2.19. The van der Waals surface area contributed by atoms with Gasteiger partial charge >= 0.3 is 0 Å². The van der Waals surface area contributed by atoms with Gasteiger partial charge in [-0.3, -0.25) is 9.89 Å². The number of hydrogen-bond donors (Lipinski definition) is 2. The number of aromatic nitrogens is 2. The van der Waals surface area contributed by atoms with Crippen LogP contribution in [0.4, 0.5) is 0 Å². The second-order valence-electron chi connectivity index (χ2n) is 7.08. The van der Waals surface area contributed by atoms with Gasteiger partial charge in [0.15, 0.2) is 0 Å². The lowest BCUT2D eigenvalue weighted by Gasteiger charge is -2.31. The number of nitrogens with zero attached hydrogens (tertiary/aromatic N) is 2. The molecule has 146 valence electrons. The van der Waals surface area contributed by atoms with Gasteiger partial charge < -0.3 is 5.32 Å². The highest BCUT2D eigenvalue weighted by Crippen LogP contribution is 2.27. The molecule has 1 fully saturated rings. The first kappa shape index (κ1) is 19.6. The molecular weight excluding hydrogens is 364 g/mol. The van der Waals surface area contributed by atoms with Crippen molar-refractivity contribution in [1.82, 2.24) is 19.8 Å². The zero-order valence-electron chi connectivity index (χ0n) is 15.9. The van der Waals surface area contributed by atoms with Crippen LogP contribution in [0, 0.1) is 19.8 Å². The maximum absolute atomic E-state index is 12.9. The van der Waals surface area contributed by atoms with Gasteiger partial charge in [0.05, 0.1) is 17.4 Å². The Morgan fingerprint density at radius 1 is 1.22 bits per heavy atom. The summed E-state index contributed by atoms with van der Waals surface area (Å²) in [6.07, 6.45) is 1.03. The van der Waals surface area contributed by atoms with Gasteiger partial charge in [0.1, 0.15) is 4.90 Å². The minimum Gasteiger partial charge on any atom is -0.349 e. The van der Waals surface area contributed by atoms with Gasteiger partial charge in [-0.1, -0.05) is 30.3 Å². The molecule has 1 amide bonds. The molecule has 0 saturated carbocycles. The average Bonchev–Trinajstić information content (AvgIpc) is 3.01. The molecule has 1 aromatic heterocycles. The Bertz CT molecular complexity index is 881. The molecule has 8 heteroatoms. The van der Waals surface area contributed by atoms with E-state index in [0.29, 0.717) is 37.3 Å². The van der Waals surface area contributed by atoms with Crippen LogP contribution in [-0.4, -0.2) is 41.9 Å². The summed E-state index contributed by atoms with van der Waals surface area (Å²) in [6.45, 7) is 6.02.